The topological polar surface area (TPSA) is 73.0 Å². The van der Waals surface area contributed by atoms with E-state index in [-0.39, 0.29) is 17.6 Å². The highest BCUT2D eigenvalue weighted by molar-refractivity contribution is 6.31. The molecule has 1 amide bonds. The van der Waals surface area contributed by atoms with Crippen molar-refractivity contribution in [2.45, 2.75) is 58.3 Å². The van der Waals surface area contributed by atoms with E-state index in [9.17, 15) is 4.79 Å². The normalized spacial score (nSPS) is 22.3. The van der Waals surface area contributed by atoms with Gasteiger partial charge in [0.25, 0.3) is 0 Å². The van der Waals surface area contributed by atoms with Gasteiger partial charge in [-0.2, -0.15) is 0 Å². The molecule has 0 radical (unpaired) electrons. The van der Waals surface area contributed by atoms with E-state index in [4.69, 9.17) is 30.5 Å². The Hall–Kier alpha value is -2.74. The fraction of sp³-hybridized carbons (Fsp3) is 0.516. The predicted molar refractivity (Wildman–Crippen MR) is 150 cm³/mol. The van der Waals surface area contributed by atoms with Gasteiger partial charge in [0.15, 0.2) is 5.79 Å². The average Bonchev–Trinajstić information content (AvgIpc) is 3.26. The Morgan fingerprint density at radius 2 is 1.85 bits per heavy atom. The summed E-state index contributed by atoms with van der Waals surface area (Å²) in [6, 6.07) is 13.6. The molecule has 1 aromatic heterocycles. The third kappa shape index (κ3) is 5.49. The number of aromatic nitrogens is 1. The van der Waals surface area contributed by atoms with Gasteiger partial charge < -0.3 is 23.9 Å². The molecule has 1 atom stereocenters. The fourth-order valence-electron chi connectivity index (χ4n) is 5.60. The van der Waals surface area contributed by atoms with Crippen LogP contribution >= 0.6 is 11.6 Å². The Bertz CT molecular complexity index is 1340. The van der Waals surface area contributed by atoms with E-state index in [1.807, 2.05) is 61.2 Å². The smallest absolute Gasteiger partial charge is 0.410 e. The van der Waals surface area contributed by atoms with Crippen molar-refractivity contribution in [2.75, 3.05) is 33.0 Å². The minimum absolute atomic E-state index is 0.223. The van der Waals surface area contributed by atoms with E-state index < -0.39 is 5.79 Å². The molecule has 39 heavy (non-hydrogen) atoms. The summed E-state index contributed by atoms with van der Waals surface area (Å²) >= 11 is 6.34. The third-order valence-corrected chi connectivity index (χ3v) is 8.55. The molecule has 0 unspecified atom stereocenters. The number of rotatable bonds is 6. The molecule has 3 aromatic rings. The van der Waals surface area contributed by atoms with Crippen LogP contribution in [0.3, 0.4) is 0 Å². The molecule has 7 nitrogen and oxygen atoms in total. The lowest BCUT2D eigenvalue weighted by Gasteiger charge is -2.41. The van der Waals surface area contributed by atoms with Gasteiger partial charge >= 0.3 is 6.09 Å². The monoisotopic (exact) mass is 552 g/mol. The van der Waals surface area contributed by atoms with Gasteiger partial charge in [-0.05, 0) is 80.5 Å². The molecule has 6 rings (SSSR count). The number of benzene rings is 2. The summed E-state index contributed by atoms with van der Waals surface area (Å²) in [7, 11) is 0. The Balaban J connectivity index is 1.24. The standard InChI is InChI=1S/C31H37ClN2O5/c1-30(2)38-18-31(3,19-39-30)17-37-23-10-7-21(8-11-23)28-27-24(25-15-22(32)9-12-26(25)33-27)13-14-34(28)29(35)36-16-20-5-4-6-20/h7-12,15,20,28,33H,4-6,13-14,16-19H2,1-3H3/t28-/m0/s1. The van der Waals surface area contributed by atoms with Gasteiger partial charge in [-0.25, -0.2) is 4.79 Å². The second-order valence-corrected chi connectivity index (χ2v) is 12.5. The molecule has 1 N–H and O–H groups in total. The van der Waals surface area contributed by atoms with Crippen LogP contribution in [0.2, 0.25) is 5.02 Å². The molecule has 2 fully saturated rings. The lowest BCUT2D eigenvalue weighted by atomic mass is 9.86. The Labute approximate surface area is 234 Å². The molecule has 1 saturated carbocycles. The molecule has 2 aromatic carbocycles. The number of amides is 1. The fourth-order valence-corrected chi connectivity index (χ4v) is 5.77. The molecule has 1 saturated heterocycles. The van der Waals surface area contributed by atoms with Crippen molar-refractivity contribution in [1.82, 2.24) is 9.88 Å². The molecule has 3 heterocycles. The highest BCUT2D eigenvalue weighted by Crippen LogP contribution is 2.40. The first-order valence-corrected chi connectivity index (χ1v) is 14.3. The minimum Gasteiger partial charge on any atom is -0.493 e. The number of hydrogen-bond donors (Lipinski definition) is 1. The molecule has 208 valence electrons. The molecule has 0 spiro atoms. The summed E-state index contributed by atoms with van der Waals surface area (Å²) in [6.07, 6.45) is 3.98. The van der Waals surface area contributed by atoms with Crippen LogP contribution in [0.15, 0.2) is 42.5 Å². The van der Waals surface area contributed by atoms with Gasteiger partial charge in [-0.1, -0.05) is 37.1 Å². The molecular formula is C31H37ClN2O5. The minimum atomic E-state index is -0.557. The number of aromatic amines is 1. The molecule has 8 heteroatoms. The maximum atomic E-state index is 13.4. The summed E-state index contributed by atoms with van der Waals surface area (Å²) in [4.78, 5) is 18.8. The number of H-pyrrole nitrogens is 1. The predicted octanol–water partition coefficient (Wildman–Crippen LogP) is 6.87. The van der Waals surface area contributed by atoms with E-state index >= 15 is 0 Å². The Morgan fingerprint density at radius 1 is 1.10 bits per heavy atom. The molecule has 2 aliphatic heterocycles. The molecule has 0 bridgehead atoms. The SMILES string of the molecule is CC1(COc2ccc([C@H]3c4[nH]c5ccc(Cl)cc5c4CCN3C(=O)OCC3CCC3)cc2)COC(C)(C)OC1. The summed E-state index contributed by atoms with van der Waals surface area (Å²) in [5.41, 5.74) is 4.01. The van der Waals surface area contributed by atoms with Crippen LogP contribution in [-0.4, -0.2) is 54.7 Å². The van der Waals surface area contributed by atoms with Crippen LogP contribution in [0.4, 0.5) is 4.79 Å². The van der Waals surface area contributed by atoms with Gasteiger partial charge in [-0.15, -0.1) is 0 Å². The van der Waals surface area contributed by atoms with Crippen molar-refractivity contribution < 1.29 is 23.7 Å². The zero-order chi connectivity index (χ0) is 27.2. The number of carbonyl (C=O) groups is 1. The van der Waals surface area contributed by atoms with Crippen molar-refractivity contribution in [3.63, 3.8) is 0 Å². The zero-order valence-corrected chi connectivity index (χ0v) is 23.7. The third-order valence-electron chi connectivity index (χ3n) is 8.31. The van der Waals surface area contributed by atoms with Crippen LogP contribution in [0.25, 0.3) is 10.9 Å². The van der Waals surface area contributed by atoms with Gasteiger partial charge in [0, 0.05) is 33.6 Å². The Morgan fingerprint density at radius 3 is 2.54 bits per heavy atom. The number of nitrogens with one attached hydrogen (secondary N) is 1. The number of halogens is 1. The van der Waals surface area contributed by atoms with Crippen molar-refractivity contribution in [2.24, 2.45) is 11.3 Å². The van der Waals surface area contributed by atoms with E-state index in [2.05, 4.69) is 11.9 Å². The number of carbonyl (C=O) groups excluding carboxylic acids is 1. The maximum absolute atomic E-state index is 13.4. The molecule has 1 aliphatic carbocycles. The van der Waals surface area contributed by atoms with E-state index in [0.29, 0.717) is 43.9 Å². The highest BCUT2D eigenvalue weighted by Gasteiger charge is 2.38. The van der Waals surface area contributed by atoms with E-state index in [1.165, 1.54) is 12.0 Å². The van der Waals surface area contributed by atoms with Crippen LogP contribution in [0.5, 0.6) is 5.75 Å². The van der Waals surface area contributed by atoms with Crippen molar-refractivity contribution in [1.29, 1.82) is 0 Å². The second kappa shape index (κ2) is 10.3. The Kier molecular flexibility index (Phi) is 7.02. The largest absolute Gasteiger partial charge is 0.493 e. The lowest BCUT2D eigenvalue weighted by Crippen LogP contribution is -2.47. The lowest BCUT2D eigenvalue weighted by molar-refractivity contribution is -0.285. The quantitative estimate of drug-likeness (QED) is 0.361. The summed E-state index contributed by atoms with van der Waals surface area (Å²) in [5, 5.41) is 1.81. The van der Waals surface area contributed by atoms with E-state index in [0.717, 1.165) is 47.2 Å². The summed E-state index contributed by atoms with van der Waals surface area (Å²) in [6.45, 7) is 8.67. The van der Waals surface area contributed by atoms with Gasteiger partial charge in [0.2, 0.25) is 0 Å². The van der Waals surface area contributed by atoms with E-state index in [1.54, 1.807) is 0 Å². The second-order valence-electron chi connectivity index (χ2n) is 12.1. The van der Waals surface area contributed by atoms with Gasteiger partial charge in [0.05, 0.1) is 26.4 Å². The highest BCUT2D eigenvalue weighted by atomic mass is 35.5. The van der Waals surface area contributed by atoms with Gasteiger partial charge in [0.1, 0.15) is 11.8 Å². The van der Waals surface area contributed by atoms with Crippen molar-refractivity contribution >= 4 is 28.6 Å². The van der Waals surface area contributed by atoms with Gasteiger partial charge in [-0.3, -0.25) is 4.90 Å². The van der Waals surface area contributed by atoms with Crippen LogP contribution in [0.1, 0.15) is 62.9 Å². The number of fused-ring (bicyclic) bond motifs is 3. The van der Waals surface area contributed by atoms with Crippen LogP contribution < -0.4 is 4.74 Å². The summed E-state index contributed by atoms with van der Waals surface area (Å²) in [5.74, 6) is 0.703. The number of ether oxygens (including phenoxy) is 4. The van der Waals surface area contributed by atoms with Crippen LogP contribution in [0, 0.1) is 11.3 Å². The number of nitrogens with zero attached hydrogens (tertiary/aromatic N) is 1. The maximum Gasteiger partial charge on any atom is 0.410 e. The zero-order valence-electron chi connectivity index (χ0n) is 22.9. The molecular weight excluding hydrogens is 516 g/mol. The van der Waals surface area contributed by atoms with Crippen molar-refractivity contribution in [3.8, 4) is 5.75 Å². The number of hydrogen-bond acceptors (Lipinski definition) is 5. The van der Waals surface area contributed by atoms with Crippen molar-refractivity contribution in [3.05, 3.63) is 64.3 Å². The molecule has 3 aliphatic rings. The first-order chi connectivity index (χ1) is 18.7. The summed E-state index contributed by atoms with van der Waals surface area (Å²) < 4.78 is 23.7. The average molecular weight is 553 g/mol. The van der Waals surface area contributed by atoms with Crippen LogP contribution in [-0.2, 0) is 20.6 Å². The first kappa shape index (κ1) is 26.5. The first-order valence-electron chi connectivity index (χ1n) is 13.9.